The molecule has 2 heterocycles. The Bertz CT molecular complexity index is 875. The topological polar surface area (TPSA) is 70.5 Å². The number of Topliss-reactive ketones (excluding diaryl/α,β-unsaturated/α-hetero) is 1. The highest BCUT2D eigenvalue weighted by atomic mass is 32.2. The number of rotatable bonds is 5. The molecule has 0 unspecified atom stereocenters. The van der Waals surface area contributed by atoms with E-state index in [4.69, 9.17) is 0 Å². The lowest BCUT2D eigenvalue weighted by Gasteiger charge is -2.30. The van der Waals surface area contributed by atoms with Gasteiger partial charge in [-0.25, -0.2) is 13.5 Å². The first kappa shape index (κ1) is 19.9. The molecule has 1 N–H and O–H groups in total. The second kappa shape index (κ2) is 7.62. The number of benzene rings is 1. The predicted octanol–water partition coefficient (Wildman–Crippen LogP) is 3.65. The van der Waals surface area contributed by atoms with Crippen molar-refractivity contribution in [2.24, 2.45) is 0 Å². The first-order valence-electron chi connectivity index (χ1n) is 9.13. The van der Waals surface area contributed by atoms with Gasteiger partial charge in [-0.3, -0.25) is 4.79 Å². The van der Waals surface area contributed by atoms with Gasteiger partial charge in [0.2, 0.25) is 0 Å². The number of nitrogens with zero attached hydrogens (tertiary/aromatic N) is 2. The smallest absolute Gasteiger partial charge is 0.178 e. The summed E-state index contributed by atoms with van der Waals surface area (Å²) >= 11 is 0. The molecule has 0 radical (unpaired) electrons. The Morgan fingerprint density at radius 2 is 1.96 bits per heavy atom. The Balaban J connectivity index is 2.20. The van der Waals surface area contributed by atoms with E-state index in [-0.39, 0.29) is 18.4 Å². The van der Waals surface area contributed by atoms with Crippen LogP contribution in [0.25, 0.3) is 11.3 Å². The number of aromatic nitrogens is 1. The molecule has 0 spiro atoms. The van der Waals surface area contributed by atoms with Gasteiger partial charge in [0.1, 0.15) is 16.7 Å². The summed E-state index contributed by atoms with van der Waals surface area (Å²) in [7, 11) is -1.24. The molecule has 1 aliphatic rings. The number of carbonyl (C=O) groups is 1. The lowest BCUT2D eigenvalue weighted by atomic mass is 9.95. The van der Waals surface area contributed by atoms with Crippen LogP contribution < -0.4 is 0 Å². The summed E-state index contributed by atoms with van der Waals surface area (Å²) in [6.45, 7) is 7.81. The van der Waals surface area contributed by atoms with Gasteiger partial charge in [0.15, 0.2) is 5.78 Å². The number of pyridine rings is 1. The third-order valence-corrected chi connectivity index (χ3v) is 6.56. The Morgan fingerprint density at radius 3 is 2.52 bits per heavy atom. The van der Waals surface area contributed by atoms with Crippen molar-refractivity contribution in [3.05, 3.63) is 53.2 Å². The van der Waals surface area contributed by atoms with Crippen molar-refractivity contribution in [1.29, 1.82) is 0 Å². The monoisotopic (exact) mass is 386 g/mol. The first-order chi connectivity index (χ1) is 12.7. The van der Waals surface area contributed by atoms with E-state index in [1.165, 1.54) is 6.92 Å². The molecule has 0 amide bonds. The Morgan fingerprint density at radius 1 is 1.30 bits per heavy atom. The van der Waals surface area contributed by atoms with Crippen LogP contribution in [0.15, 0.2) is 36.4 Å². The van der Waals surface area contributed by atoms with Crippen molar-refractivity contribution in [1.82, 2.24) is 9.29 Å². The number of hydrogen-bond acceptors (Lipinski definition) is 4. The van der Waals surface area contributed by atoms with E-state index >= 15 is 0 Å². The van der Waals surface area contributed by atoms with Crippen LogP contribution in [0.4, 0.5) is 0 Å². The van der Waals surface area contributed by atoms with Gasteiger partial charge in [0, 0.05) is 31.2 Å². The maximum Gasteiger partial charge on any atom is 0.178 e. The molecule has 0 aliphatic carbocycles. The van der Waals surface area contributed by atoms with E-state index in [9.17, 15) is 14.1 Å². The Labute approximate surface area is 163 Å². The molecule has 144 valence electrons. The standard InChI is InChI=1S/C21H26N2O3S/c1-14(25)17-12-16-13-23(27(26)21(2,3)4)18(10-11-24)19(16)20(22-17)15-8-6-5-7-9-15/h5-9,12,18,24H,10-11,13H2,1-4H3/t18-,27-/m1/s1. The van der Waals surface area contributed by atoms with Crippen LogP contribution in [0.1, 0.15) is 61.8 Å². The highest BCUT2D eigenvalue weighted by Gasteiger charge is 2.40. The van der Waals surface area contributed by atoms with E-state index in [2.05, 4.69) is 4.98 Å². The highest BCUT2D eigenvalue weighted by Crippen LogP contribution is 2.43. The summed E-state index contributed by atoms with van der Waals surface area (Å²) in [6.07, 6.45) is 0.468. The van der Waals surface area contributed by atoms with Crippen LogP contribution in [0.2, 0.25) is 0 Å². The normalized spacial score (nSPS) is 18.3. The average Bonchev–Trinajstić information content (AvgIpc) is 2.99. The summed E-state index contributed by atoms with van der Waals surface area (Å²) < 4.78 is 14.7. The summed E-state index contributed by atoms with van der Waals surface area (Å²) in [5.41, 5.74) is 4.01. The number of ketones is 1. The van der Waals surface area contributed by atoms with Crippen LogP contribution in [0.5, 0.6) is 0 Å². The summed E-state index contributed by atoms with van der Waals surface area (Å²) in [5.74, 6) is -0.0934. The molecular weight excluding hydrogens is 360 g/mol. The van der Waals surface area contributed by atoms with Gasteiger partial charge in [-0.05, 0) is 38.8 Å². The van der Waals surface area contributed by atoms with Gasteiger partial charge in [-0.15, -0.1) is 0 Å². The third-order valence-electron chi connectivity index (χ3n) is 4.70. The Hall–Kier alpha value is -1.89. The van der Waals surface area contributed by atoms with Crippen molar-refractivity contribution < 1.29 is 14.1 Å². The van der Waals surface area contributed by atoms with Gasteiger partial charge >= 0.3 is 0 Å². The van der Waals surface area contributed by atoms with Crippen LogP contribution in [0.3, 0.4) is 0 Å². The van der Waals surface area contributed by atoms with E-state index in [0.717, 1.165) is 22.4 Å². The van der Waals surface area contributed by atoms with Crippen molar-refractivity contribution >= 4 is 16.8 Å². The van der Waals surface area contributed by atoms with Gasteiger partial charge in [0.05, 0.1) is 16.5 Å². The van der Waals surface area contributed by atoms with E-state index in [1.54, 1.807) is 0 Å². The van der Waals surface area contributed by atoms with Crippen molar-refractivity contribution in [2.75, 3.05) is 6.61 Å². The minimum absolute atomic E-state index is 0.00929. The zero-order valence-corrected chi connectivity index (χ0v) is 17.0. The first-order valence-corrected chi connectivity index (χ1v) is 10.2. The Kier molecular flexibility index (Phi) is 5.60. The number of aliphatic hydroxyl groups is 1. The molecule has 2 aromatic rings. The molecule has 3 rings (SSSR count). The number of aliphatic hydroxyl groups excluding tert-OH is 1. The quantitative estimate of drug-likeness (QED) is 0.796. The van der Waals surface area contributed by atoms with Gasteiger partial charge in [-0.1, -0.05) is 30.3 Å². The van der Waals surface area contributed by atoms with E-state index in [0.29, 0.717) is 18.7 Å². The molecule has 1 aliphatic heterocycles. The molecule has 0 saturated heterocycles. The second-order valence-electron chi connectivity index (χ2n) is 7.82. The molecule has 27 heavy (non-hydrogen) atoms. The van der Waals surface area contributed by atoms with Crippen LogP contribution in [0, 0.1) is 0 Å². The van der Waals surface area contributed by atoms with Crippen molar-refractivity contribution in [3.63, 3.8) is 0 Å². The molecule has 6 heteroatoms. The zero-order chi connectivity index (χ0) is 19.8. The van der Waals surface area contributed by atoms with Crippen LogP contribution in [-0.4, -0.2) is 35.7 Å². The largest absolute Gasteiger partial charge is 0.396 e. The highest BCUT2D eigenvalue weighted by molar-refractivity contribution is 7.84. The van der Waals surface area contributed by atoms with E-state index < -0.39 is 15.7 Å². The number of carbonyl (C=O) groups excluding carboxylic acids is 1. The third kappa shape index (κ3) is 3.88. The fourth-order valence-corrected chi connectivity index (χ4v) is 4.87. The molecule has 2 atom stereocenters. The van der Waals surface area contributed by atoms with Gasteiger partial charge in [-0.2, -0.15) is 0 Å². The molecule has 0 bridgehead atoms. The van der Waals surface area contributed by atoms with Crippen molar-refractivity contribution in [2.45, 2.75) is 51.4 Å². The zero-order valence-electron chi connectivity index (χ0n) is 16.2. The van der Waals surface area contributed by atoms with E-state index in [1.807, 2.05) is 61.5 Å². The summed E-state index contributed by atoms with van der Waals surface area (Å²) in [6, 6.07) is 11.3. The van der Waals surface area contributed by atoms with Crippen LogP contribution >= 0.6 is 0 Å². The molecular formula is C21H26N2O3S. The lowest BCUT2D eigenvalue weighted by molar-refractivity contribution is 0.101. The fraction of sp³-hybridized carbons (Fsp3) is 0.429. The molecule has 0 fully saturated rings. The predicted molar refractivity (Wildman–Crippen MR) is 108 cm³/mol. The SMILES string of the molecule is CC(=O)c1cc2c(c(-c3ccccc3)n1)[C@@H](CCO)N([S@](=O)C(C)(C)C)C2. The minimum Gasteiger partial charge on any atom is -0.396 e. The maximum absolute atomic E-state index is 13.2. The van der Waals surface area contributed by atoms with Gasteiger partial charge in [0.25, 0.3) is 0 Å². The lowest BCUT2D eigenvalue weighted by Crippen LogP contribution is -2.36. The fourth-order valence-electron chi connectivity index (χ4n) is 3.47. The molecule has 1 aromatic carbocycles. The summed E-state index contributed by atoms with van der Waals surface area (Å²) in [5, 5.41) is 9.66. The second-order valence-corrected chi connectivity index (χ2v) is 10.0. The summed E-state index contributed by atoms with van der Waals surface area (Å²) in [4.78, 5) is 16.7. The maximum atomic E-state index is 13.2. The molecule has 5 nitrogen and oxygen atoms in total. The molecule has 0 saturated carbocycles. The van der Waals surface area contributed by atoms with Gasteiger partial charge < -0.3 is 5.11 Å². The minimum atomic E-state index is -1.24. The molecule has 1 aromatic heterocycles. The number of hydrogen-bond donors (Lipinski definition) is 1. The van der Waals surface area contributed by atoms with Crippen LogP contribution in [-0.2, 0) is 17.5 Å². The van der Waals surface area contributed by atoms with Crippen molar-refractivity contribution in [3.8, 4) is 11.3 Å². The number of fused-ring (bicyclic) bond motifs is 1. The average molecular weight is 387 g/mol.